The molecule has 5 heteroatoms. The van der Waals surface area contributed by atoms with Crippen LogP contribution in [0.5, 0.6) is 5.75 Å². The molecule has 3 aromatic rings. The number of carbonyl (C=O) groups is 2. The molecule has 1 N–H and O–H groups in total. The maximum Gasteiger partial charge on any atom is 0.313 e. The Hall–Kier alpha value is -3.34. The van der Waals surface area contributed by atoms with Crippen LogP contribution in [0.2, 0.25) is 0 Å². The van der Waals surface area contributed by atoms with Gasteiger partial charge in [-0.1, -0.05) is 36.4 Å². The van der Waals surface area contributed by atoms with Crippen LogP contribution in [-0.2, 0) is 14.3 Å². The summed E-state index contributed by atoms with van der Waals surface area (Å²) in [5, 5.41) is 4.83. The fraction of sp³-hybridized carbons (Fsp3) is 0.250. The monoisotopic (exact) mass is 391 g/mol. The summed E-state index contributed by atoms with van der Waals surface area (Å²) in [6.45, 7) is 5.37. The summed E-state index contributed by atoms with van der Waals surface area (Å²) in [5.74, 6) is -0.485. The van der Waals surface area contributed by atoms with Crippen molar-refractivity contribution in [2.45, 2.75) is 26.7 Å². The molecule has 0 bridgehead atoms. The highest BCUT2D eigenvalue weighted by atomic mass is 16.5. The number of esters is 1. The summed E-state index contributed by atoms with van der Waals surface area (Å²) in [6.07, 6.45) is 0. The second kappa shape index (κ2) is 8.78. The lowest BCUT2D eigenvalue weighted by molar-refractivity contribution is -0.148. The molecule has 0 heterocycles. The molecule has 0 aromatic heterocycles. The number of carbonyl (C=O) groups excluding carboxylic acids is 2. The van der Waals surface area contributed by atoms with E-state index in [1.54, 1.807) is 14.0 Å². The van der Waals surface area contributed by atoms with Crippen LogP contribution in [0.4, 0.5) is 5.69 Å². The molecule has 3 rings (SSSR count). The minimum Gasteiger partial charge on any atom is -0.497 e. The molecular weight excluding hydrogens is 366 g/mol. The first-order chi connectivity index (χ1) is 13.9. The van der Waals surface area contributed by atoms with Crippen LogP contribution in [-0.4, -0.2) is 25.6 Å². The Labute approximate surface area is 170 Å². The second-order valence-electron chi connectivity index (χ2n) is 7.10. The van der Waals surface area contributed by atoms with Gasteiger partial charge in [-0.15, -0.1) is 0 Å². The molecule has 0 fully saturated rings. The van der Waals surface area contributed by atoms with Gasteiger partial charge in [-0.3, -0.25) is 9.59 Å². The molecule has 0 aliphatic heterocycles. The number of anilines is 1. The lowest BCUT2D eigenvalue weighted by atomic mass is 9.98. The van der Waals surface area contributed by atoms with E-state index in [2.05, 4.69) is 5.32 Å². The third kappa shape index (κ3) is 4.74. The van der Waals surface area contributed by atoms with E-state index in [0.29, 0.717) is 0 Å². The van der Waals surface area contributed by atoms with E-state index in [0.717, 1.165) is 38.9 Å². The number of amides is 1. The molecule has 0 aliphatic rings. The quantitative estimate of drug-likeness (QED) is 0.616. The zero-order valence-corrected chi connectivity index (χ0v) is 17.1. The number of hydrogen-bond donors (Lipinski definition) is 1. The molecule has 0 aliphatic carbocycles. The summed E-state index contributed by atoms with van der Waals surface area (Å²) < 4.78 is 10.5. The van der Waals surface area contributed by atoms with Crippen molar-refractivity contribution in [3.8, 4) is 5.75 Å². The third-order valence-corrected chi connectivity index (χ3v) is 5.15. The number of methoxy groups -OCH3 is 1. The summed E-state index contributed by atoms with van der Waals surface area (Å²) in [6, 6.07) is 17.3. The van der Waals surface area contributed by atoms with Gasteiger partial charge in [0.25, 0.3) is 5.91 Å². The predicted octanol–water partition coefficient (Wildman–Crippen LogP) is 4.75. The zero-order chi connectivity index (χ0) is 21.0. The van der Waals surface area contributed by atoms with Crippen molar-refractivity contribution in [1.82, 2.24) is 0 Å². The maximum atomic E-state index is 12.4. The van der Waals surface area contributed by atoms with Gasteiger partial charge in [0, 0.05) is 5.69 Å². The Morgan fingerprint density at radius 3 is 2.48 bits per heavy atom. The van der Waals surface area contributed by atoms with Gasteiger partial charge in [0.2, 0.25) is 0 Å². The normalized spacial score (nSPS) is 11.7. The van der Waals surface area contributed by atoms with Gasteiger partial charge in [0.05, 0.1) is 13.0 Å². The summed E-state index contributed by atoms with van der Waals surface area (Å²) >= 11 is 0. The van der Waals surface area contributed by atoms with Crippen molar-refractivity contribution in [1.29, 1.82) is 0 Å². The minimum atomic E-state index is -0.477. The van der Waals surface area contributed by atoms with E-state index >= 15 is 0 Å². The van der Waals surface area contributed by atoms with Crippen LogP contribution in [0.15, 0.2) is 54.6 Å². The SMILES string of the molecule is COc1ccc2cc([C@H](C)C(=O)OCC(=O)Nc3cccc(C)c3C)ccc2c1. The van der Waals surface area contributed by atoms with E-state index in [9.17, 15) is 9.59 Å². The molecule has 1 atom stereocenters. The summed E-state index contributed by atoms with van der Waals surface area (Å²) in [5.41, 5.74) is 3.64. The lowest BCUT2D eigenvalue weighted by Gasteiger charge is -2.14. The van der Waals surface area contributed by atoms with Gasteiger partial charge < -0.3 is 14.8 Å². The topological polar surface area (TPSA) is 64.6 Å². The molecule has 0 unspecified atom stereocenters. The number of ether oxygens (including phenoxy) is 2. The Kier molecular flexibility index (Phi) is 6.17. The maximum absolute atomic E-state index is 12.4. The van der Waals surface area contributed by atoms with Crippen LogP contribution in [0.25, 0.3) is 10.8 Å². The van der Waals surface area contributed by atoms with Crippen molar-refractivity contribution in [3.05, 3.63) is 71.3 Å². The van der Waals surface area contributed by atoms with Crippen molar-refractivity contribution in [2.24, 2.45) is 0 Å². The Balaban J connectivity index is 1.62. The highest BCUT2D eigenvalue weighted by Gasteiger charge is 2.19. The van der Waals surface area contributed by atoms with Gasteiger partial charge in [0.1, 0.15) is 5.75 Å². The highest BCUT2D eigenvalue weighted by molar-refractivity contribution is 5.94. The molecule has 0 radical (unpaired) electrons. The van der Waals surface area contributed by atoms with Gasteiger partial charge in [-0.25, -0.2) is 0 Å². The van der Waals surface area contributed by atoms with Crippen LogP contribution < -0.4 is 10.1 Å². The first-order valence-corrected chi connectivity index (χ1v) is 9.49. The average Bonchev–Trinajstić information content (AvgIpc) is 2.74. The van der Waals surface area contributed by atoms with Crippen molar-refractivity contribution >= 4 is 28.3 Å². The first-order valence-electron chi connectivity index (χ1n) is 9.49. The van der Waals surface area contributed by atoms with E-state index < -0.39 is 11.9 Å². The number of hydrogen-bond acceptors (Lipinski definition) is 4. The van der Waals surface area contributed by atoms with Crippen molar-refractivity contribution in [3.63, 3.8) is 0 Å². The molecule has 150 valence electrons. The number of nitrogens with one attached hydrogen (secondary N) is 1. The van der Waals surface area contributed by atoms with E-state index in [-0.39, 0.29) is 12.5 Å². The van der Waals surface area contributed by atoms with Gasteiger partial charge >= 0.3 is 5.97 Å². The fourth-order valence-electron chi connectivity index (χ4n) is 3.11. The highest BCUT2D eigenvalue weighted by Crippen LogP contribution is 2.26. The minimum absolute atomic E-state index is 0.318. The van der Waals surface area contributed by atoms with E-state index in [1.165, 1.54) is 0 Å². The molecule has 0 saturated heterocycles. The first kappa shape index (κ1) is 20.4. The molecule has 0 spiro atoms. The van der Waals surface area contributed by atoms with Crippen molar-refractivity contribution < 1.29 is 19.1 Å². The Bertz CT molecular complexity index is 1060. The number of fused-ring (bicyclic) bond motifs is 1. The van der Waals surface area contributed by atoms with Crippen LogP contribution >= 0.6 is 0 Å². The van der Waals surface area contributed by atoms with Crippen molar-refractivity contribution in [2.75, 3.05) is 19.0 Å². The van der Waals surface area contributed by atoms with Crippen LogP contribution in [0.1, 0.15) is 29.5 Å². The standard InChI is InChI=1S/C24H25NO4/c1-15-6-5-7-22(16(15)2)25-23(26)14-29-24(27)17(3)18-8-9-20-13-21(28-4)11-10-19(20)12-18/h5-13,17H,14H2,1-4H3,(H,25,26)/t17-/m0/s1. The summed E-state index contributed by atoms with van der Waals surface area (Å²) in [7, 11) is 1.63. The lowest BCUT2D eigenvalue weighted by Crippen LogP contribution is -2.23. The molecule has 3 aromatic carbocycles. The number of benzene rings is 3. The van der Waals surface area contributed by atoms with E-state index in [1.807, 2.05) is 68.4 Å². The van der Waals surface area contributed by atoms with Crippen LogP contribution in [0, 0.1) is 13.8 Å². The zero-order valence-electron chi connectivity index (χ0n) is 17.1. The molecule has 5 nitrogen and oxygen atoms in total. The average molecular weight is 391 g/mol. The van der Waals surface area contributed by atoms with Gasteiger partial charge in [-0.05, 0) is 66.4 Å². The number of rotatable bonds is 6. The molecule has 1 amide bonds. The number of aryl methyl sites for hydroxylation is 1. The Morgan fingerprint density at radius 1 is 1.00 bits per heavy atom. The molecule has 0 saturated carbocycles. The fourth-order valence-corrected chi connectivity index (χ4v) is 3.11. The van der Waals surface area contributed by atoms with Gasteiger partial charge in [-0.2, -0.15) is 0 Å². The molecule has 29 heavy (non-hydrogen) atoms. The summed E-state index contributed by atoms with van der Waals surface area (Å²) in [4.78, 5) is 24.6. The second-order valence-corrected chi connectivity index (χ2v) is 7.10. The largest absolute Gasteiger partial charge is 0.497 e. The smallest absolute Gasteiger partial charge is 0.313 e. The third-order valence-electron chi connectivity index (χ3n) is 5.15. The molecular formula is C24H25NO4. The Morgan fingerprint density at radius 2 is 1.72 bits per heavy atom. The van der Waals surface area contributed by atoms with Gasteiger partial charge in [0.15, 0.2) is 6.61 Å². The predicted molar refractivity (Wildman–Crippen MR) is 114 cm³/mol. The van der Waals surface area contributed by atoms with Crippen LogP contribution in [0.3, 0.4) is 0 Å². The van der Waals surface area contributed by atoms with E-state index in [4.69, 9.17) is 9.47 Å².